The number of aliphatic hydroxyl groups excluding tert-OH is 1. The van der Waals surface area contributed by atoms with E-state index in [4.69, 9.17) is 4.74 Å². The smallest absolute Gasteiger partial charge is 0.0751 e. The molecule has 1 unspecified atom stereocenters. The monoisotopic (exact) mass is 267 g/mol. The normalized spacial score (nSPS) is 31.4. The molecule has 1 heterocycles. The molecule has 0 aromatic rings. The van der Waals surface area contributed by atoms with Gasteiger partial charge in [-0.25, -0.2) is 0 Å². The third-order valence-corrected chi connectivity index (χ3v) is 5.76. The van der Waals surface area contributed by atoms with Gasteiger partial charge in [-0.2, -0.15) is 0 Å². The molecule has 1 N–H and O–H groups in total. The van der Waals surface area contributed by atoms with Crippen LogP contribution < -0.4 is 0 Å². The first-order valence-electron chi connectivity index (χ1n) is 8.34. The van der Waals surface area contributed by atoms with Gasteiger partial charge in [-0.05, 0) is 31.6 Å². The molecule has 1 atom stereocenters. The lowest BCUT2D eigenvalue weighted by Gasteiger charge is -2.49. The second-order valence-electron chi connectivity index (χ2n) is 6.75. The van der Waals surface area contributed by atoms with Crippen LogP contribution in [0.3, 0.4) is 0 Å². The van der Waals surface area contributed by atoms with Gasteiger partial charge in [0.2, 0.25) is 0 Å². The molecule has 19 heavy (non-hydrogen) atoms. The first kappa shape index (κ1) is 13.8. The Hall–Kier alpha value is -0.120. The summed E-state index contributed by atoms with van der Waals surface area (Å²) in [5.74, 6) is 0.551. The standard InChI is InChI=1S/C16H29NO2/c18-15(14-6-2-1-3-7-14)16(8-4-5-9-16)17-10-12-19-13-11-17/h14-15,18H,1-13H2. The maximum atomic E-state index is 11.1. The fraction of sp³-hybridized carbons (Fsp3) is 1.00. The van der Waals surface area contributed by atoms with Crippen LogP contribution in [0.2, 0.25) is 0 Å². The van der Waals surface area contributed by atoms with Crippen LogP contribution in [0.4, 0.5) is 0 Å². The lowest BCUT2D eigenvalue weighted by molar-refractivity contribution is -0.0987. The van der Waals surface area contributed by atoms with E-state index in [2.05, 4.69) is 4.90 Å². The highest BCUT2D eigenvalue weighted by molar-refractivity contribution is 5.03. The van der Waals surface area contributed by atoms with Crippen LogP contribution in [-0.4, -0.2) is 48.0 Å². The molecule has 0 amide bonds. The van der Waals surface area contributed by atoms with Crippen molar-refractivity contribution in [3.8, 4) is 0 Å². The molecule has 110 valence electrons. The number of ether oxygens (including phenoxy) is 1. The molecule has 2 aliphatic carbocycles. The average Bonchev–Trinajstić information content (AvgIpc) is 2.99. The van der Waals surface area contributed by atoms with E-state index in [1.807, 2.05) is 0 Å². The van der Waals surface area contributed by atoms with Crippen molar-refractivity contribution < 1.29 is 9.84 Å². The quantitative estimate of drug-likeness (QED) is 0.853. The lowest BCUT2D eigenvalue weighted by Crippen LogP contribution is -2.60. The van der Waals surface area contributed by atoms with Gasteiger partial charge in [0.05, 0.1) is 19.3 Å². The molecule has 2 saturated carbocycles. The van der Waals surface area contributed by atoms with E-state index in [-0.39, 0.29) is 11.6 Å². The summed E-state index contributed by atoms with van der Waals surface area (Å²) < 4.78 is 5.51. The second kappa shape index (κ2) is 6.11. The van der Waals surface area contributed by atoms with E-state index < -0.39 is 0 Å². The molecule has 3 rings (SSSR count). The van der Waals surface area contributed by atoms with Crippen LogP contribution >= 0.6 is 0 Å². The molecule has 0 bridgehead atoms. The molecule has 0 spiro atoms. The largest absolute Gasteiger partial charge is 0.391 e. The number of hydrogen-bond donors (Lipinski definition) is 1. The SMILES string of the molecule is OC(C1CCCCC1)C1(N2CCOCC2)CCCC1. The summed E-state index contributed by atoms with van der Waals surface area (Å²) >= 11 is 0. The zero-order chi connectivity index (χ0) is 13.1. The van der Waals surface area contributed by atoms with Gasteiger partial charge in [0.1, 0.15) is 0 Å². The van der Waals surface area contributed by atoms with Gasteiger partial charge in [-0.15, -0.1) is 0 Å². The van der Waals surface area contributed by atoms with Gasteiger partial charge in [0, 0.05) is 18.6 Å². The number of hydrogen-bond acceptors (Lipinski definition) is 3. The highest BCUT2D eigenvalue weighted by atomic mass is 16.5. The van der Waals surface area contributed by atoms with Crippen molar-refractivity contribution >= 4 is 0 Å². The zero-order valence-electron chi connectivity index (χ0n) is 12.1. The Morgan fingerprint density at radius 1 is 0.947 bits per heavy atom. The van der Waals surface area contributed by atoms with Crippen LogP contribution in [0, 0.1) is 5.92 Å². The van der Waals surface area contributed by atoms with Gasteiger partial charge in [0.15, 0.2) is 0 Å². The molecule has 0 aromatic carbocycles. The summed E-state index contributed by atoms with van der Waals surface area (Å²) in [4.78, 5) is 2.57. The van der Waals surface area contributed by atoms with Crippen molar-refractivity contribution in [2.24, 2.45) is 5.92 Å². The summed E-state index contributed by atoms with van der Waals surface area (Å²) in [6, 6.07) is 0. The number of morpholine rings is 1. The van der Waals surface area contributed by atoms with E-state index in [1.165, 1.54) is 57.8 Å². The van der Waals surface area contributed by atoms with Crippen molar-refractivity contribution in [2.75, 3.05) is 26.3 Å². The summed E-state index contributed by atoms with van der Waals surface area (Å²) in [5, 5.41) is 11.1. The second-order valence-corrected chi connectivity index (χ2v) is 6.75. The van der Waals surface area contributed by atoms with Crippen LogP contribution in [0.1, 0.15) is 57.8 Å². The fourth-order valence-electron chi connectivity index (χ4n) is 4.68. The minimum Gasteiger partial charge on any atom is -0.391 e. The lowest BCUT2D eigenvalue weighted by atomic mass is 9.75. The molecular formula is C16H29NO2. The first-order valence-corrected chi connectivity index (χ1v) is 8.34. The van der Waals surface area contributed by atoms with Crippen LogP contribution in [0.5, 0.6) is 0 Å². The minimum atomic E-state index is -0.103. The number of rotatable bonds is 3. The highest BCUT2D eigenvalue weighted by Crippen LogP contribution is 2.43. The van der Waals surface area contributed by atoms with Crippen LogP contribution in [0.15, 0.2) is 0 Å². The Morgan fingerprint density at radius 3 is 2.21 bits per heavy atom. The third-order valence-electron chi connectivity index (χ3n) is 5.76. The molecule has 3 nitrogen and oxygen atoms in total. The van der Waals surface area contributed by atoms with Crippen LogP contribution in [0.25, 0.3) is 0 Å². The zero-order valence-corrected chi connectivity index (χ0v) is 12.1. The summed E-state index contributed by atoms with van der Waals surface area (Å²) in [5.41, 5.74) is 0.0891. The van der Waals surface area contributed by atoms with E-state index in [0.717, 1.165) is 26.3 Å². The first-order chi connectivity index (χ1) is 9.33. The topological polar surface area (TPSA) is 32.7 Å². The molecule has 0 radical (unpaired) electrons. The van der Waals surface area contributed by atoms with E-state index in [1.54, 1.807) is 0 Å². The molecule has 3 fully saturated rings. The average molecular weight is 267 g/mol. The predicted molar refractivity (Wildman–Crippen MR) is 76.2 cm³/mol. The Morgan fingerprint density at radius 2 is 1.58 bits per heavy atom. The summed E-state index contributed by atoms with van der Waals surface area (Å²) in [7, 11) is 0. The fourth-order valence-corrected chi connectivity index (χ4v) is 4.68. The van der Waals surface area contributed by atoms with Crippen molar-refractivity contribution in [3.63, 3.8) is 0 Å². The molecule has 3 aliphatic rings. The van der Waals surface area contributed by atoms with Gasteiger partial charge in [-0.1, -0.05) is 32.1 Å². The Kier molecular flexibility index (Phi) is 4.45. The van der Waals surface area contributed by atoms with Crippen LogP contribution in [-0.2, 0) is 4.74 Å². The predicted octanol–water partition coefficient (Wildman–Crippen LogP) is 2.57. The van der Waals surface area contributed by atoms with Gasteiger partial charge in [0.25, 0.3) is 0 Å². The third kappa shape index (κ3) is 2.70. The Balaban J connectivity index is 1.74. The minimum absolute atomic E-state index is 0.0891. The number of aliphatic hydroxyl groups is 1. The maximum absolute atomic E-state index is 11.1. The van der Waals surface area contributed by atoms with E-state index >= 15 is 0 Å². The Labute approximate surface area is 117 Å². The van der Waals surface area contributed by atoms with E-state index in [9.17, 15) is 5.11 Å². The van der Waals surface area contributed by atoms with Crippen molar-refractivity contribution in [3.05, 3.63) is 0 Å². The van der Waals surface area contributed by atoms with Gasteiger partial charge in [-0.3, -0.25) is 4.90 Å². The number of nitrogens with zero attached hydrogens (tertiary/aromatic N) is 1. The van der Waals surface area contributed by atoms with Crippen molar-refractivity contribution in [1.29, 1.82) is 0 Å². The summed E-state index contributed by atoms with van der Waals surface area (Å²) in [6.07, 6.45) is 11.4. The Bertz CT molecular complexity index is 276. The highest BCUT2D eigenvalue weighted by Gasteiger charge is 2.48. The van der Waals surface area contributed by atoms with Gasteiger partial charge >= 0.3 is 0 Å². The van der Waals surface area contributed by atoms with E-state index in [0.29, 0.717) is 5.92 Å². The van der Waals surface area contributed by atoms with Gasteiger partial charge < -0.3 is 9.84 Å². The molecule has 3 heteroatoms. The molecular weight excluding hydrogens is 238 g/mol. The van der Waals surface area contributed by atoms with Crippen molar-refractivity contribution in [2.45, 2.75) is 69.4 Å². The van der Waals surface area contributed by atoms with Crippen molar-refractivity contribution in [1.82, 2.24) is 4.90 Å². The molecule has 1 saturated heterocycles. The molecule has 1 aliphatic heterocycles. The summed E-state index contributed by atoms with van der Waals surface area (Å²) in [6.45, 7) is 3.73. The maximum Gasteiger partial charge on any atom is 0.0751 e. The molecule has 0 aromatic heterocycles.